The van der Waals surface area contributed by atoms with Gasteiger partial charge in [0, 0.05) is 5.75 Å². The van der Waals surface area contributed by atoms with Crippen LogP contribution in [0, 0.1) is 5.92 Å². The Bertz CT molecular complexity index is 256. The largest absolute Gasteiger partial charge is 0.336 e. The smallest absolute Gasteiger partial charge is 0.209 e. The average Bonchev–Trinajstić information content (AvgIpc) is 2.33. The summed E-state index contributed by atoms with van der Waals surface area (Å²) in [4.78, 5) is 0. The van der Waals surface area contributed by atoms with E-state index in [-0.39, 0.29) is 0 Å². The first-order valence-corrected chi connectivity index (χ1v) is 4.83. The van der Waals surface area contributed by atoms with Crippen molar-refractivity contribution in [2.24, 2.45) is 5.92 Å². The van der Waals surface area contributed by atoms with Crippen molar-refractivity contribution in [1.82, 2.24) is 20.2 Å². The summed E-state index contributed by atoms with van der Waals surface area (Å²) in [6.45, 7) is 2.23. The van der Waals surface area contributed by atoms with Gasteiger partial charge in [-0.15, -0.1) is 10.2 Å². The van der Waals surface area contributed by atoms with E-state index in [1.54, 1.807) is 11.8 Å². The second-order valence-electron chi connectivity index (χ2n) is 2.86. The lowest BCUT2D eigenvalue weighted by Gasteiger charge is -2.26. The van der Waals surface area contributed by atoms with E-state index >= 15 is 0 Å². The number of aromatic nitrogens is 3. The molecular formula is C6H11N5S. The van der Waals surface area contributed by atoms with E-state index in [4.69, 9.17) is 5.84 Å². The molecule has 2 heterocycles. The van der Waals surface area contributed by atoms with Crippen LogP contribution in [0.4, 0.5) is 0 Å². The minimum atomic E-state index is 0.770. The summed E-state index contributed by atoms with van der Waals surface area (Å²) in [6, 6.07) is 0. The molecule has 2 rings (SSSR count). The molecular weight excluding hydrogens is 174 g/mol. The van der Waals surface area contributed by atoms with Gasteiger partial charge in [0.05, 0.1) is 0 Å². The Morgan fingerprint density at radius 1 is 1.75 bits per heavy atom. The maximum absolute atomic E-state index is 5.54. The molecule has 1 saturated heterocycles. The molecule has 0 aromatic carbocycles. The molecule has 6 heteroatoms. The molecule has 1 aromatic heterocycles. The first kappa shape index (κ1) is 7.88. The van der Waals surface area contributed by atoms with Crippen molar-refractivity contribution < 1.29 is 0 Å². The molecule has 0 radical (unpaired) electrons. The topological polar surface area (TPSA) is 68.8 Å². The third-order valence-corrected chi connectivity index (χ3v) is 3.04. The number of hydrogen-bond donors (Lipinski definition) is 2. The predicted molar refractivity (Wildman–Crippen MR) is 47.3 cm³/mol. The van der Waals surface area contributed by atoms with E-state index < -0.39 is 0 Å². The molecule has 12 heavy (non-hydrogen) atoms. The number of nitrogen functional groups attached to an aromatic ring is 1. The SMILES string of the molecule is Nn1cnnc1SCC1CNC1. The Morgan fingerprint density at radius 2 is 2.58 bits per heavy atom. The number of nitrogens with two attached hydrogens (primary N) is 1. The van der Waals surface area contributed by atoms with Gasteiger partial charge in [-0.25, -0.2) is 4.68 Å². The van der Waals surface area contributed by atoms with Crippen LogP contribution >= 0.6 is 11.8 Å². The van der Waals surface area contributed by atoms with E-state index in [0.29, 0.717) is 0 Å². The molecule has 0 spiro atoms. The highest BCUT2D eigenvalue weighted by molar-refractivity contribution is 7.99. The zero-order chi connectivity index (χ0) is 8.39. The quantitative estimate of drug-likeness (QED) is 0.481. The van der Waals surface area contributed by atoms with Crippen molar-refractivity contribution in [2.45, 2.75) is 5.16 Å². The molecule has 1 aliphatic heterocycles. The zero-order valence-corrected chi connectivity index (χ0v) is 7.42. The summed E-state index contributed by atoms with van der Waals surface area (Å²) < 4.78 is 1.46. The summed E-state index contributed by atoms with van der Waals surface area (Å²) >= 11 is 1.66. The molecule has 0 aliphatic carbocycles. The van der Waals surface area contributed by atoms with Gasteiger partial charge < -0.3 is 11.2 Å². The predicted octanol–water partition coefficient (Wildman–Crippen LogP) is -0.697. The first-order valence-electron chi connectivity index (χ1n) is 3.85. The third-order valence-electron chi connectivity index (χ3n) is 1.85. The van der Waals surface area contributed by atoms with Crippen molar-refractivity contribution >= 4 is 11.8 Å². The van der Waals surface area contributed by atoms with Crippen LogP contribution < -0.4 is 11.2 Å². The van der Waals surface area contributed by atoms with Gasteiger partial charge in [0.15, 0.2) is 0 Å². The molecule has 1 aromatic rings. The number of rotatable bonds is 3. The van der Waals surface area contributed by atoms with Gasteiger partial charge >= 0.3 is 0 Å². The van der Waals surface area contributed by atoms with Crippen LogP contribution in [0.2, 0.25) is 0 Å². The molecule has 0 bridgehead atoms. The summed E-state index contributed by atoms with van der Waals surface area (Å²) in [7, 11) is 0. The van der Waals surface area contributed by atoms with Gasteiger partial charge in [0.25, 0.3) is 0 Å². The molecule has 0 unspecified atom stereocenters. The molecule has 1 fully saturated rings. The minimum Gasteiger partial charge on any atom is -0.336 e. The lowest BCUT2D eigenvalue weighted by atomic mass is 10.1. The summed E-state index contributed by atoms with van der Waals surface area (Å²) in [5, 5.41) is 11.6. The van der Waals surface area contributed by atoms with Crippen LogP contribution in [0.25, 0.3) is 0 Å². The maximum Gasteiger partial charge on any atom is 0.209 e. The van der Waals surface area contributed by atoms with Crippen LogP contribution in [-0.4, -0.2) is 33.7 Å². The number of nitrogens with one attached hydrogen (secondary N) is 1. The normalized spacial score (nSPS) is 17.7. The standard InChI is InChI=1S/C6H11N5S/c7-11-4-9-10-6(11)12-3-5-1-8-2-5/h4-5,8H,1-3,7H2. The highest BCUT2D eigenvalue weighted by Gasteiger charge is 2.17. The highest BCUT2D eigenvalue weighted by Crippen LogP contribution is 2.18. The fourth-order valence-corrected chi connectivity index (χ4v) is 1.92. The van der Waals surface area contributed by atoms with E-state index in [9.17, 15) is 0 Å². The Labute approximate surface area is 74.7 Å². The van der Waals surface area contributed by atoms with Gasteiger partial charge in [-0.05, 0) is 19.0 Å². The summed E-state index contributed by atoms with van der Waals surface area (Å²) in [6.07, 6.45) is 1.52. The second-order valence-corrected chi connectivity index (χ2v) is 3.84. The van der Waals surface area contributed by atoms with Gasteiger partial charge in [0.1, 0.15) is 6.33 Å². The minimum absolute atomic E-state index is 0.770. The van der Waals surface area contributed by atoms with Gasteiger partial charge in [-0.3, -0.25) is 0 Å². The summed E-state index contributed by atoms with van der Waals surface area (Å²) in [5.41, 5.74) is 0. The second kappa shape index (κ2) is 3.32. The van der Waals surface area contributed by atoms with Crippen molar-refractivity contribution in [2.75, 3.05) is 24.7 Å². The monoisotopic (exact) mass is 185 g/mol. The lowest BCUT2D eigenvalue weighted by Crippen LogP contribution is -2.43. The van der Waals surface area contributed by atoms with Crippen LogP contribution in [0.15, 0.2) is 11.5 Å². The molecule has 1 aliphatic rings. The van der Waals surface area contributed by atoms with Crippen molar-refractivity contribution in [3.05, 3.63) is 6.33 Å². The average molecular weight is 185 g/mol. The van der Waals surface area contributed by atoms with Gasteiger partial charge in [-0.2, -0.15) is 0 Å². The van der Waals surface area contributed by atoms with E-state index in [0.717, 1.165) is 29.9 Å². The molecule has 0 atom stereocenters. The molecule has 5 nitrogen and oxygen atoms in total. The number of thioether (sulfide) groups is 1. The zero-order valence-electron chi connectivity index (χ0n) is 6.60. The molecule has 0 saturated carbocycles. The molecule has 3 N–H and O–H groups in total. The Balaban J connectivity index is 1.82. The third kappa shape index (κ3) is 1.54. The highest BCUT2D eigenvalue weighted by atomic mass is 32.2. The fraction of sp³-hybridized carbons (Fsp3) is 0.667. The van der Waals surface area contributed by atoms with Crippen LogP contribution in [0.5, 0.6) is 0 Å². The van der Waals surface area contributed by atoms with Crippen LogP contribution in [0.1, 0.15) is 0 Å². The van der Waals surface area contributed by atoms with E-state index in [2.05, 4.69) is 15.5 Å². The van der Waals surface area contributed by atoms with Gasteiger partial charge in [-0.1, -0.05) is 11.8 Å². The van der Waals surface area contributed by atoms with Crippen molar-refractivity contribution in [3.63, 3.8) is 0 Å². The van der Waals surface area contributed by atoms with Crippen LogP contribution in [0.3, 0.4) is 0 Å². The van der Waals surface area contributed by atoms with Gasteiger partial charge in [0.2, 0.25) is 5.16 Å². The molecule has 66 valence electrons. The fourth-order valence-electron chi connectivity index (χ4n) is 0.994. The van der Waals surface area contributed by atoms with Crippen LogP contribution in [-0.2, 0) is 0 Å². The number of hydrogen-bond acceptors (Lipinski definition) is 5. The first-order chi connectivity index (χ1) is 5.86. The Morgan fingerprint density at radius 3 is 3.08 bits per heavy atom. The summed E-state index contributed by atoms with van der Waals surface area (Å²) in [5.74, 6) is 7.38. The lowest BCUT2D eigenvalue weighted by molar-refractivity contribution is 0.385. The van der Waals surface area contributed by atoms with Crippen molar-refractivity contribution in [1.29, 1.82) is 0 Å². The Hall–Kier alpha value is -0.750. The van der Waals surface area contributed by atoms with Crippen molar-refractivity contribution in [3.8, 4) is 0 Å². The van der Waals surface area contributed by atoms with E-state index in [1.807, 2.05) is 0 Å². The van der Waals surface area contributed by atoms with E-state index in [1.165, 1.54) is 11.0 Å². The molecule has 0 amide bonds. The maximum atomic E-state index is 5.54. The number of nitrogens with zero attached hydrogens (tertiary/aromatic N) is 3. The Kier molecular flexibility index (Phi) is 2.18.